The summed E-state index contributed by atoms with van der Waals surface area (Å²) in [5.41, 5.74) is 1.32. The zero-order chi connectivity index (χ0) is 19.9. The van der Waals surface area contributed by atoms with Crippen LogP contribution in [-0.2, 0) is 16.0 Å². The van der Waals surface area contributed by atoms with E-state index in [1.54, 1.807) is 33.9 Å². The monoisotopic (exact) mass is 410 g/mol. The van der Waals surface area contributed by atoms with Gasteiger partial charge in [0.2, 0.25) is 5.28 Å². The minimum Gasteiger partial charge on any atom is -0.458 e. The normalized spacial score (nSPS) is 15.5. The molecule has 0 spiro atoms. The lowest BCUT2D eigenvalue weighted by molar-refractivity contribution is -0.159. The van der Waals surface area contributed by atoms with Crippen LogP contribution in [0.5, 0.6) is 0 Å². The van der Waals surface area contributed by atoms with Gasteiger partial charge in [-0.15, -0.1) is 0 Å². The summed E-state index contributed by atoms with van der Waals surface area (Å²) in [6.45, 7) is 7.47. The maximum absolute atomic E-state index is 12.9. The molecular formula is C18H20Cl2N4O3. The molecule has 9 heteroatoms. The molecule has 2 aromatic heterocycles. The van der Waals surface area contributed by atoms with Crippen molar-refractivity contribution in [2.45, 2.75) is 45.8 Å². The first kappa shape index (κ1) is 19.6. The third-order valence-electron chi connectivity index (χ3n) is 4.16. The molecule has 0 radical (unpaired) electrons. The molecule has 0 aliphatic carbocycles. The van der Waals surface area contributed by atoms with Gasteiger partial charge < -0.3 is 9.64 Å². The van der Waals surface area contributed by atoms with Crippen LogP contribution >= 0.6 is 23.2 Å². The fraction of sp³-hybridized carbons (Fsp3) is 0.444. The van der Waals surface area contributed by atoms with Crippen LogP contribution in [0.1, 0.15) is 33.4 Å². The quantitative estimate of drug-likeness (QED) is 0.567. The minimum absolute atomic E-state index is 0.0741. The number of aromatic nitrogens is 3. The van der Waals surface area contributed by atoms with Crippen molar-refractivity contribution in [3.63, 3.8) is 0 Å². The SMILES string of the molecule is C[C@H](C(=O)OC(C)(C)C)N1CCc2cc(-c3nc(Cl)ncc3Cl)cn2C1=O. The Hall–Kier alpha value is -2.12. The number of halogens is 2. The maximum Gasteiger partial charge on any atom is 0.329 e. The van der Waals surface area contributed by atoms with Crippen molar-refractivity contribution in [1.29, 1.82) is 0 Å². The Bertz CT molecular complexity index is 904. The van der Waals surface area contributed by atoms with Gasteiger partial charge in [-0.25, -0.2) is 19.6 Å². The average Bonchev–Trinajstić information content (AvgIpc) is 3.00. The van der Waals surface area contributed by atoms with Gasteiger partial charge in [-0.3, -0.25) is 4.57 Å². The van der Waals surface area contributed by atoms with E-state index in [0.29, 0.717) is 29.2 Å². The number of amides is 1. The fourth-order valence-corrected chi connectivity index (χ4v) is 3.23. The minimum atomic E-state index is -0.687. The molecule has 2 aromatic rings. The molecule has 0 N–H and O–H groups in total. The first-order chi connectivity index (χ1) is 12.6. The molecule has 1 aliphatic heterocycles. The van der Waals surface area contributed by atoms with Crippen LogP contribution in [0.25, 0.3) is 11.3 Å². The standard InChI is InChI=1S/C18H20Cl2N4O3/c1-10(15(25)27-18(2,3)4)23-6-5-12-7-11(9-24(12)17(23)26)14-13(19)8-21-16(20)22-14/h7-10H,5-6H2,1-4H3/t10-/m1/s1. The predicted octanol–water partition coefficient (Wildman–Crippen LogP) is 3.81. The lowest BCUT2D eigenvalue weighted by Crippen LogP contribution is -2.50. The van der Waals surface area contributed by atoms with Gasteiger partial charge in [0.25, 0.3) is 0 Å². The van der Waals surface area contributed by atoms with Gasteiger partial charge in [0.05, 0.1) is 16.9 Å². The van der Waals surface area contributed by atoms with Crippen LogP contribution < -0.4 is 0 Å². The summed E-state index contributed by atoms with van der Waals surface area (Å²) in [5, 5.41) is 0.416. The Morgan fingerprint density at radius 2 is 2.04 bits per heavy atom. The lowest BCUT2D eigenvalue weighted by atomic mass is 10.1. The van der Waals surface area contributed by atoms with Gasteiger partial charge in [0.1, 0.15) is 11.6 Å². The van der Waals surface area contributed by atoms with Crippen molar-refractivity contribution >= 4 is 35.2 Å². The van der Waals surface area contributed by atoms with Crippen LogP contribution in [0.4, 0.5) is 4.79 Å². The van der Waals surface area contributed by atoms with Crippen LogP contribution in [0.15, 0.2) is 18.5 Å². The number of nitrogens with zero attached hydrogens (tertiary/aromatic N) is 4. The Morgan fingerprint density at radius 3 is 2.70 bits per heavy atom. The van der Waals surface area contributed by atoms with Crippen LogP contribution in [-0.4, -0.2) is 49.6 Å². The topological polar surface area (TPSA) is 77.3 Å². The zero-order valence-corrected chi connectivity index (χ0v) is 17.0. The molecule has 1 atom stereocenters. The summed E-state index contributed by atoms with van der Waals surface area (Å²) in [5.74, 6) is -0.433. The third kappa shape index (κ3) is 4.09. The summed E-state index contributed by atoms with van der Waals surface area (Å²) in [6.07, 6.45) is 3.66. The van der Waals surface area contributed by atoms with Gasteiger partial charge in [0, 0.05) is 30.4 Å². The highest BCUT2D eigenvalue weighted by Gasteiger charge is 2.34. The van der Waals surface area contributed by atoms with E-state index in [0.717, 1.165) is 5.69 Å². The average molecular weight is 411 g/mol. The van der Waals surface area contributed by atoms with Gasteiger partial charge >= 0.3 is 12.0 Å². The highest BCUT2D eigenvalue weighted by molar-refractivity contribution is 6.33. The van der Waals surface area contributed by atoms with Crippen LogP contribution in [0.3, 0.4) is 0 Å². The van der Waals surface area contributed by atoms with E-state index in [1.807, 2.05) is 6.07 Å². The molecule has 0 saturated heterocycles. The molecule has 1 amide bonds. The van der Waals surface area contributed by atoms with Crippen LogP contribution in [0.2, 0.25) is 10.3 Å². The van der Waals surface area contributed by atoms with Gasteiger partial charge in [-0.2, -0.15) is 0 Å². The lowest BCUT2D eigenvalue weighted by Gasteiger charge is -2.33. The molecule has 3 rings (SSSR count). The Balaban J connectivity index is 1.87. The van der Waals surface area contributed by atoms with Crippen molar-refractivity contribution in [2.75, 3.05) is 6.54 Å². The van der Waals surface area contributed by atoms with Crippen molar-refractivity contribution < 1.29 is 14.3 Å². The predicted molar refractivity (Wildman–Crippen MR) is 102 cm³/mol. The zero-order valence-electron chi connectivity index (χ0n) is 15.5. The molecular weight excluding hydrogens is 391 g/mol. The van der Waals surface area contributed by atoms with E-state index >= 15 is 0 Å². The Kier molecular flexibility index (Phi) is 5.18. The largest absolute Gasteiger partial charge is 0.458 e. The second kappa shape index (κ2) is 7.13. The molecule has 0 fully saturated rings. The number of hydrogen-bond acceptors (Lipinski definition) is 5. The maximum atomic E-state index is 12.9. The highest BCUT2D eigenvalue weighted by Crippen LogP contribution is 2.30. The van der Waals surface area contributed by atoms with E-state index in [2.05, 4.69) is 9.97 Å². The second-order valence-electron chi connectivity index (χ2n) is 7.36. The number of carbonyl (C=O) groups excluding carboxylic acids is 2. The first-order valence-corrected chi connectivity index (χ1v) is 9.26. The van der Waals surface area contributed by atoms with Crippen molar-refractivity contribution in [3.8, 4) is 11.3 Å². The molecule has 3 heterocycles. The fourth-order valence-electron chi connectivity index (χ4n) is 2.90. The van der Waals surface area contributed by atoms with Crippen molar-refractivity contribution in [1.82, 2.24) is 19.4 Å². The number of rotatable bonds is 3. The number of fused-ring (bicyclic) bond motifs is 1. The molecule has 7 nitrogen and oxygen atoms in total. The first-order valence-electron chi connectivity index (χ1n) is 8.50. The molecule has 1 aliphatic rings. The highest BCUT2D eigenvalue weighted by atomic mass is 35.5. The number of esters is 1. The van der Waals surface area contributed by atoms with Crippen molar-refractivity contribution in [2.24, 2.45) is 0 Å². The summed E-state index contributed by atoms with van der Waals surface area (Å²) >= 11 is 12.0. The van der Waals surface area contributed by atoms with E-state index in [9.17, 15) is 9.59 Å². The summed E-state index contributed by atoms with van der Waals surface area (Å²) in [6, 6.07) is 0.864. The Labute approximate surface area is 167 Å². The number of carbonyl (C=O) groups is 2. The number of ether oxygens (including phenoxy) is 1. The second-order valence-corrected chi connectivity index (χ2v) is 8.11. The van der Waals surface area contributed by atoms with E-state index in [-0.39, 0.29) is 11.3 Å². The van der Waals surface area contributed by atoms with Gasteiger partial charge in [-0.05, 0) is 45.4 Å². The molecule has 0 unspecified atom stereocenters. The Morgan fingerprint density at radius 1 is 1.33 bits per heavy atom. The van der Waals surface area contributed by atoms with Crippen molar-refractivity contribution in [3.05, 3.63) is 34.5 Å². The van der Waals surface area contributed by atoms with Gasteiger partial charge in [0.15, 0.2) is 0 Å². The van der Waals surface area contributed by atoms with Gasteiger partial charge in [-0.1, -0.05) is 11.6 Å². The van der Waals surface area contributed by atoms with E-state index in [4.69, 9.17) is 27.9 Å². The molecule has 27 heavy (non-hydrogen) atoms. The van der Waals surface area contributed by atoms with Crippen LogP contribution in [0, 0.1) is 0 Å². The molecule has 144 valence electrons. The molecule has 0 saturated carbocycles. The summed E-state index contributed by atoms with van der Waals surface area (Å²) in [4.78, 5) is 34.7. The smallest absolute Gasteiger partial charge is 0.329 e. The molecule has 0 aromatic carbocycles. The molecule has 0 bridgehead atoms. The summed E-state index contributed by atoms with van der Waals surface area (Å²) in [7, 11) is 0. The van der Waals surface area contributed by atoms with E-state index < -0.39 is 17.6 Å². The third-order valence-corrected chi connectivity index (χ3v) is 4.62. The summed E-state index contributed by atoms with van der Waals surface area (Å²) < 4.78 is 6.91. The van der Waals surface area contributed by atoms with E-state index in [1.165, 1.54) is 15.7 Å². The number of hydrogen-bond donors (Lipinski definition) is 0.